The van der Waals surface area contributed by atoms with E-state index >= 15 is 0 Å². The van der Waals surface area contributed by atoms with E-state index in [0.717, 1.165) is 6.26 Å². The van der Waals surface area contributed by atoms with Gasteiger partial charge in [-0.1, -0.05) is 22.9 Å². The van der Waals surface area contributed by atoms with Crippen molar-refractivity contribution in [1.29, 1.82) is 0 Å². The van der Waals surface area contributed by atoms with Crippen LogP contribution in [0.2, 0.25) is 0 Å². The third kappa shape index (κ3) is 2.02. The van der Waals surface area contributed by atoms with Crippen LogP contribution in [0.15, 0.2) is 0 Å². The van der Waals surface area contributed by atoms with E-state index in [1.165, 1.54) is 6.92 Å². The molecule has 0 bridgehead atoms. The van der Waals surface area contributed by atoms with E-state index < -0.39 is 13.5 Å². The average molecular weight is 243 g/mol. The highest BCUT2D eigenvalue weighted by atomic mass is 79.9. The molecule has 3 nitrogen and oxygen atoms in total. The van der Waals surface area contributed by atoms with Crippen LogP contribution >= 0.6 is 15.9 Å². The number of rotatable bonds is 3. The molecule has 0 heterocycles. The third-order valence-electron chi connectivity index (χ3n) is 1.57. The Balaban J connectivity index is 5.09. The highest BCUT2D eigenvalue weighted by molar-refractivity contribution is 9.12. The monoisotopic (exact) mass is 242 g/mol. The van der Waals surface area contributed by atoms with Crippen LogP contribution in [-0.2, 0) is 14.6 Å². The van der Waals surface area contributed by atoms with Crippen LogP contribution in [-0.4, -0.2) is 24.1 Å². The zero-order valence-electron chi connectivity index (χ0n) is 6.72. The van der Waals surface area contributed by atoms with Crippen LogP contribution in [0.5, 0.6) is 0 Å². The van der Waals surface area contributed by atoms with Crippen molar-refractivity contribution in [3.63, 3.8) is 0 Å². The van der Waals surface area contributed by atoms with Gasteiger partial charge in [0.05, 0.1) is 0 Å². The van der Waals surface area contributed by atoms with E-state index in [9.17, 15) is 13.2 Å². The summed E-state index contributed by atoms with van der Waals surface area (Å²) >= 11 is 2.93. The summed E-state index contributed by atoms with van der Waals surface area (Å²) in [4.78, 5) is 10.9. The van der Waals surface area contributed by atoms with Crippen LogP contribution in [0.1, 0.15) is 20.3 Å². The topological polar surface area (TPSA) is 51.2 Å². The van der Waals surface area contributed by atoms with Gasteiger partial charge in [0, 0.05) is 6.26 Å². The average Bonchev–Trinajstić information content (AvgIpc) is 1.83. The van der Waals surface area contributed by atoms with Crippen molar-refractivity contribution in [2.45, 2.75) is 23.9 Å². The Hall–Kier alpha value is 0.1000. The maximum absolute atomic E-state index is 11.1. The molecule has 0 amide bonds. The van der Waals surface area contributed by atoms with Gasteiger partial charge in [0.25, 0.3) is 0 Å². The molecule has 0 aromatic heterocycles. The van der Waals surface area contributed by atoms with Gasteiger partial charge in [-0.3, -0.25) is 4.79 Å². The number of alkyl halides is 1. The predicted octanol–water partition coefficient (Wildman–Crippen LogP) is 1.12. The van der Waals surface area contributed by atoms with E-state index in [1.54, 1.807) is 6.92 Å². The first-order valence-electron chi connectivity index (χ1n) is 3.15. The molecule has 0 fully saturated rings. The smallest absolute Gasteiger partial charge is 0.183 e. The minimum atomic E-state index is -3.35. The molecule has 0 radical (unpaired) electrons. The maximum Gasteiger partial charge on any atom is 0.183 e. The summed E-state index contributed by atoms with van der Waals surface area (Å²) in [5.41, 5.74) is 0. The first kappa shape index (κ1) is 11.1. The number of carbonyl (C=O) groups excluding carboxylic acids is 1. The van der Waals surface area contributed by atoms with Gasteiger partial charge in [-0.2, -0.15) is 0 Å². The Labute approximate surface area is 75.2 Å². The van der Waals surface area contributed by atoms with Gasteiger partial charge in [-0.25, -0.2) is 8.42 Å². The van der Waals surface area contributed by atoms with E-state index in [2.05, 4.69) is 15.9 Å². The Morgan fingerprint density at radius 3 is 1.91 bits per heavy atom. The van der Waals surface area contributed by atoms with E-state index in [4.69, 9.17) is 0 Å². The zero-order chi connectivity index (χ0) is 9.28. The highest BCUT2D eigenvalue weighted by Gasteiger charge is 2.40. The lowest BCUT2D eigenvalue weighted by atomic mass is 10.2. The first-order chi connectivity index (χ1) is 4.75. The van der Waals surface area contributed by atoms with E-state index in [0.29, 0.717) is 0 Å². The molecule has 11 heavy (non-hydrogen) atoms. The fourth-order valence-electron chi connectivity index (χ4n) is 0.772. The summed E-state index contributed by atoms with van der Waals surface area (Å²) in [5.74, 6) is -0.373. The second-order valence-corrected chi connectivity index (χ2v) is 6.53. The summed E-state index contributed by atoms with van der Waals surface area (Å²) in [6.07, 6.45) is 1.30. The molecule has 0 rings (SSSR count). The molecule has 1 unspecified atom stereocenters. The standard InChI is InChI=1S/C6H11BrO3S/c1-4-6(7,5(2)8)11(3,9)10/h4H2,1-3H3. The number of Topliss-reactive ketones (excluding diaryl/α,β-unsaturated/α-hetero) is 1. The third-order valence-corrected chi connectivity index (χ3v) is 6.20. The van der Waals surface area contributed by atoms with Crippen LogP contribution in [0, 0.1) is 0 Å². The number of sulfone groups is 1. The van der Waals surface area contributed by atoms with Gasteiger partial charge in [-0.05, 0) is 13.3 Å². The van der Waals surface area contributed by atoms with Gasteiger partial charge >= 0.3 is 0 Å². The van der Waals surface area contributed by atoms with Crippen molar-refractivity contribution < 1.29 is 13.2 Å². The summed E-state index contributed by atoms with van der Waals surface area (Å²) in [6.45, 7) is 2.91. The summed E-state index contributed by atoms with van der Waals surface area (Å²) in [6, 6.07) is 0. The maximum atomic E-state index is 11.1. The lowest BCUT2D eigenvalue weighted by Gasteiger charge is -2.19. The lowest BCUT2D eigenvalue weighted by Crippen LogP contribution is -2.37. The lowest BCUT2D eigenvalue weighted by molar-refractivity contribution is -0.117. The van der Waals surface area contributed by atoms with Crippen molar-refractivity contribution in [3.8, 4) is 0 Å². The van der Waals surface area contributed by atoms with Crippen molar-refractivity contribution in [3.05, 3.63) is 0 Å². The van der Waals surface area contributed by atoms with Crippen molar-refractivity contribution in [1.82, 2.24) is 0 Å². The summed E-state index contributed by atoms with van der Waals surface area (Å²) in [5, 5.41) is 0. The van der Waals surface area contributed by atoms with E-state index in [-0.39, 0.29) is 12.2 Å². The summed E-state index contributed by atoms with van der Waals surface area (Å²) < 4.78 is 20.7. The molecule has 66 valence electrons. The first-order valence-corrected chi connectivity index (χ1v) is 5.83. The normalized spacial score (nSPS) is 17.5. The second kappa shape index (κ2) is 3.23. The van der Waals surface area contributed by atoms with Crippen molar-refractivity contribution in [2.24, 2.45) is 0 Å². The summed E-state index contributed by atoms with van der Waals surface area (Å²) in [7, 11) is -3.35. The molecule has 0 aromatic rings. The number of ketones is 1. The number of carbonyl (C=O) groups is 1. The minimum Gasteiger partial charge on any atom is -0.297 e. The van der Waals surface area contributed by atoms with Crippen LogP contribution < -0.4 is 0 Å². The number of halogens is 1. The molecule has 0 aliphatic rings. The van der Waals surface area contributed by atoms with Gasteiger partial charge in [0.1, 0.15) is 0 Å². The highest BCUT2D eigenvalue weighted by Crippen LogP contribution is 2.29. The Kier molecular flexibility index (Phi) is 3.26. The number of hydrogen-bond acceptors (Lipinski definition) is 3. The molecule has 0 aliphatic carbocycles. The molecule has 0 aromatic carbocycles. The Morgan fingerprint density at radius 1 is 1.55 bits per heavy atom. The number of hydrogen-bond donors (Lipinski definition) is 0. The SMILES string of the molecule is CCC(Br)(C(C)=O)S(C)(=O)=O. The predicted molar refractivity (Wildman–Crippen MR) is 47.5 cm³/mol. The van der Waals surface area contributed by atoms with E-state index in [1.807, 2.05) is 0 Å². The molecular formula is C6H11BrO3S. The molecular weight excluding hydrogens is 232 g/mol. The molecule has 0 saturated carbocycles. The van der Waals surface area contributed by atoms with Gasteiger partial charge < -0.3 is 0 Å². The second-order valence-electron chi connectivity index (χ2n) is 2.41. The quantitative estimate of drug-likeness (QED) is 0.698. The molecule has 0 spiro atoms. The molecule has 0 aliphatic heterocycles. The fraction of sp³-hybridized carbons (Fsp3) is 0.833. The van der Waals surface area contributed by atoms with Gasteiger partial charge in [0.15, 0.2) is 19.3 Å². The van der Waals surface area contributed by atoms with Crippen molar-refractivity contribution >= 4 is 31.6 Å². The van der Waals surface area contributed by atoms with Crippen LogP contribution in [0.3, 0.4) is 0 Å². The van der Waals surface area contributed by atoms with Gasteiger partial charge in [-0.15, -0.1) is 0 Å². The molecule has 0 N–H and O–H groups in total. The van der Waals surface area contributed by atoms with Crippen LogP contribution in [0.25, 0.3) is 0 Å². The molecule has 0 saturated heterocycles. The zero-order valence-corrected chi connectivity index (χ0v) is 9.12. The largest absolute Gasteiger partial charge is 0.297 e. The van der Waals surface area contributed by atoms with Gasteiger partial charge in [0.2, 0.25) is 0 Å². The Morgan fingerprint density at radius 2 is 1.91 bits per heavy atom. The van der Waals surface area contributed by atoms with Crippen LogP contribution in [0.4, 0.5) is 0 Å². The Bertz CT molecular complexity index is 257. The molecule has 1 atom stereocenters. The molecule has 5 heteroatoms. The van der Waals surface area contributed by atoms with Crippen molar-refractivity contribution in [2.75, 3.05) is 6.26 Å². The fourth-order valence-corrected chi connectivity index (χ4v) is 1.82. The minimum absolute atomic E-state index is 0.251.